The van der Waals surface area contributed by atoms with Crippen LogP contribution in [0.4, 0.5) is 0 Å². The Hall–Kier alpha value is 2.92. The molecule has 0 saturated heterocycles. The Morgan fingerprint density at radius 2 is 1.45 bits per heavy atom. The second kappa shape index (κ2) is 5.72. The first kappa shape index (κ1) is 13.9. The fourth-order valence-corrected chi connectivity index (χ4v) is 4.26. The number of rotatable bonds is 3. The molecular weight excluding hydrogens is 592 g/mol. The van der Waals surface area contributed by atoms with Gasteiger partial charge in [-0.15, -0.1) is 0 Å². The van der Waals surface area contributed by atoms with Gasteiger partial charge in [-0.05, 0) is 6.92 Å². The largest absolute Gasteiger partial charge is 0.0817 e. The first-order chi connectivity index (χ1) is 4.80. The monoisotopic (exact) mass is 604 g/mol. The van der Waals surface area contributed by atoms with Crippen molar-refractivity contribution in [3.05, 3.63) is 0 Å². The maximum absolute atomic E-state index is 2.59. The summed E-state index contributed by atoms with van der Waals surface area (Å²) in [7, 11) is 0. The van der Waals surface area contributed by atoms with E-state index in [0.717, 1.165) is 11.8 Å². The summed E-state index contributed by atoms with van der Waals surface area (Å²) >= 11 is 10.2. The summed E-state index contributed by atoms with van der Waals surface area (Å²) in [4.78, 5) is 0. The lowest BCUT2D eigenvalue weighted by Crippen LogP contribution is -2.39. The van der Waals surface area contributed by atoms with Gasteiger partial charge in [0.05, 0.1) is 0 Å². The average Bonchev–Trinajstić information content (AvgIpc) is 1.85. The summed E-state index contributed by atoms with van der Waals surface area (Å²) in [6.07, 6.45) is 0. The van der Waals surface area contributed by atoms with Crippen molar-refractivity contribution in [2.24, 2.45) is 0 Å². The van der Waals surface area contributed by atoms with Crippen LogP contribution >= 0.6 is 90.4 Å². The van der Waals surface area contributed by atoms with E-state index in [1.54, 1.807) is 0 Å². The molecule has 0 aliphatic rings. The van der Waals surface area contributed by atoms with Crippen LogP contribution in [-0.2, 0) is 0 Å². The highest BCUT2D eigenvalue weighted by atomic mass is 127. The molecule has 0 rings (SSSR count). The van der Waals surface area contributed by atoms with E-state index in [2.05, 4.69) is 111 Å². The lowest BCUT2D eigenvalue weighted by molar-refractivity contribution is 0.662. The zero-order valence-corrected chi connectivity index (χ0v) is 15.4. The molecule has 11 heavy (non-hydrogen) atoms. The number of hydrogen-bond acceptors (Lipinski definition) is 0. The molecule has 0 fully saturated rings. The van der Waals surface area contributed by atoms with Crippen molar-refractivity contribution in [3.8, 4) is 0 Å². The minimum atomic E-state index is 0.416. The fraction of sp³-hybridized carbons (Fsp3) is 1.00. The van der Waals surface area contributed by atoms with Crippen LogP contribution in [0.3, 0.4) is 0 Å². The van der Waals surface area contributed by atoms with E-state index in [-0.39, 0.29) is 0 Å². The number of hydrogen-bond donors (Lipinski definition) is 0. The second-order valence-corrected chi connectivity index (χ2v) is 10.3. The van der Waals surface area contributed by atoms with Crippen molar-refractivity contribution < 1.29 is 0 Å². The second-order valence-electron chi connectivity index (χ2n) is 2.85. The van der Waals surface area contributed by atoms with Gasteiger partial charge in [0, 0.05) is 15.2 Å². The van der Waals surface area contributed by atoms with Gasteiger partial charge in [-0.25, -0.2) is 0 Å². The highest BCUT2D eigenvalue weighted by Crippen LogP contribution is 2.39. The van der Waals surface area contributed by atoms with Gasteiger partial charge in [0.25, 0.3) is 0 Å². The lowest BCUT2D eigenvalue weighted by Gasteiger charge is -2.33. The molecule has 0 aromatic rings. The van der Waals surface area contributed by atoms with E-state index in [1.165, 1.54) is 0 Å². The molecule has 0 nitrogen and oxygen atoms in total. The Kier molecular flexibility index (Phi) is 7.23. The first-order valence-corrected chi connectivity index (χ1v) is 8.22. The van der Waals surface area contributed by atoms with Crippen LogP contribution in [0.25, 0.3) is 0 Å². The van der Waals surface area contributed by atoms with Gasteiger partial charge in [-0.3, -0.25) is 0 Å². The van der Waals surface area contributed by atoms with Crippen molar-refractivity contribution in [2.75, 3.05) is 0 Å². The topological polar surface area (TPSA) is 0 Å². The first-order valence-electron chi connectivity index (χ1n) is 3.41. The molecule has 0 N–H and O–H groups in total. The summed E-state index contributed by atoms with van der Waals surface area (Å²) in [5.41, 5.74) is 0. The summed E-state index contributed by atoms with van der Waals surface area (Å²) in [5, 5.41) is 0. The minimum Gasteiger partial charge on any atom is -0.0817 e. The Bertz CT molecular complexity index is 120. The third kappa shape index (κ3) is 4.30. The van der Waals surface area contributed by atoms with Crippen LogP contribution in [0.5, 0.6) is 0 Å². The minimum absolute atomic E-state index is 0.416. The molecule has 4 heteroatoms. The van der Waals surface area contributed by atoms with Crippen LogP contribution in [0, 0.1) is 0 Å². The summed E-state index contributed by atoms with van der Waals surface area (Å²) < 4.78 is 2.62. The van der Waals surface area contributed by atoms with E-state index < -0.39 is 0 Å². The Morgan fingerprint density at radius 3 is 1.55 bits per heavy atom. The molecule has 0 radical (unpaired) electrons. The van der Waals surface area contributed by atoms with Crippen LogP contribution in [0.2, 0.25) is 0 Å². The highest BCUT2D eigenvalue weighted by Gasteiger charge is 2.36. The van der Waals surface area contributed by atoms with E-state index >= 15 is 0 Å². The fourth-order valence-electron chi connectivity index (χ4n) is 0.668. The van der Waals surface area contributed by atoms with Crippen LogP contribution in [0.15, 0.2) is 0 Å². The standard InChI is InChI=1S/C7H12I4/c1-4(8)6(10)7(3,11)5(2)9/h4-6H,1-3H3. The predicted octanol–water partition coefficient (Wildman–Crippen LogP) is 4.63. The molecule has 4 unspecified atom stereocenters. The molecule has 0 aromatic heterocycles. The Balaban J connectivity index is 4.29. The maximum Gasteiger partial charge on any atom is 0.0436 e. The molecule has 0 bridgehead atoms. The van der Waals surface area contributed by atoms with E-state index in [1.807, 2.05) is 0 Å². The zero-order valence-electron chi connectivity index (χ0n) is 6.74. The quantitative estimate of drug-likeness (QED) is 0.326. The smallest absolute Gasteiger partial charge is 0.0436 e. The molecule has 0 aliphatic heterocycles. The van der Waals surface area contributed by atoms with Gasteiger partial charge in [-0.2, -0.15) is 0 Å². The molecule has 4 atom stereocenters. The molecule has 68 valence electrons. The van der Waals surface area contributed by atoms with Crippen LogP contribution in [0.1, 0.15) is 20.8 Å². The van der Waals surface area contributed by atoms with Crippen LogP contribution in [-0.4, -0.2) is 15.2 Å². The maximum atomic E-state index is 2.59. The highest BCUT2D eigenvalue weighted by molar-refractivity contribution is 14.1. The normalized spacial score (nSPS) is 25.4. The number of alkyl halides is 4. The van der Waals surface area contributed by atoms with Gasteiger partial charge >= 0.3 is 0 Å². The van der Waals surface area contributed by atoms with Gasteiger partial charge in [-0.1, -0.05) is 104 Å². The molecule has 0 aromatic carbocycles. The van der Waals surface area contributed by atoms with Crippen molar-refractivity contribution in [1.29, 1.82) is 0 Å². The van der Waals surface area contributed by atoms with Gasteiger partial charge < -0.3 is 0 Å². The van der Waals surface area contributed by atoms with Crippen molar-refractivity contribution >= 4 is 90.4 Å². The lowest BCUT2D eigenvalue weighted by atomic mass is 10.0. The van der Waals surface area contributed by atoms with E-state index in [4.69, 9.17) is 0 Å². The average molecular weight is 604 g/mol. The molecule has 0 heterocycles. The van der Waals surface area contributed by atoms with E-state index in [9.17, 15) is 0 Å². The molecular formula is C7H12I4. The third-order valence-electron chi connectivity index (χ3n) is 1.72. The summed E-state index contributed by atoms with van der Waals surface area (Å²) in [6, 6.07) is 0. The van der Waals surface area contributed by atoms with Gasteiger partial charge in [0.15, 0.2) is 0 Å². The summed E-state index contributed by atoms with van der Waals surface area (Å²) in [6.45, 7) is 6.92. The molecule has 0 aliphatic carbocycles. The Morgan fingerprint density at radius 1 is 1.09 bits per heavy atom. The van der Waals surface area contributed by atoms with E-state index in [0.29, 0.717) is 3.42 Å². The number of halogens is 4. The van der Waals surface area contributed by atoms with Gasteiger partial charge in [0.2, 0.25) is 0 Å². The third-order valence-corrected chi connectivity index (χ3v) is 11.5. The molecule has 0 amide bonds. The predicted molar refractivity (Wildman–Crippen MR) is 87.2 cm³/mol. The van der Waals surface area contributed by atoms with Gasteiger partial charge in [0.1, 0.15) is 0 Å². The van der Waals surface area contributed by atoms with Crippen LogP contribution < -0.4 is 0 Å². The molecule has 0 saturated carbocycles. The zero-order chi connectivity index (χ0) is 9.23. The molecule has 0 spiro atoms. The summed E-state index contributed by atoms with van der Waals surface area (Å²) in [5.74, 6) is 0. The Labute approximate surface area is 124 Å². The van der Waals surface area contributed by atoms with Crippen molar-refractivity contribution in [3.63, 3.8) is 0 Å². The SMILES string of the molecule is CC(I)C(I)C(C)(I)C(C)I. The van der Waals surface area contributed by atoms with Crippen molar-refractivity contribution in [1.82, 2.24) is 0 Å². The van der Waals surface area contributed by atoms with Crippen molar-refractivity contribution in [2.45, 2.75) is 36.0 Å².